The van der Waals surface area contributed by atoms with Crippen LogP contribution >= 0.6 is 0 Å². The van der Waals surface area contributed by atoms with E-state index in [1.807, 2.05) is 0 Å². The molecule has 1 heterocycles. The molecule has 1 aliphatic heterocycles. The smallest absolute Gasteiger partial charge is 0.229 e. The molecule has 1 aromatic rings. The van der Waals surface area contributed by atoms with Crippen molar-refractivity contribution >= 4 is 11.6 Å². The van der Waals surface area contributed by atoms with E-state index in [1.165, 1.54) is 26.0 Å². The summed E-state index contributed by atoms with van der Waals surface area (Å²) in [5.74, 6) is -2.57. The number of allylic oxidation sites excluding steroid dienone is 2. The highest BCUT2D eigenvalue weighted by Gasteiger charge is 2.38. The first-order valence-corrected chi connectivity index (χ1v) is 8.30. The van der Waals surface area contributed by atoms with Crippen LogP contribution in [0, 0.1) is 17.7 Å². The van der Waals surface area contributed by atoms with Gasteiger partial charge in [0.15, 0.2) is 11.6 Å². The van der Waals surface area contributed by atoms with Gasteiger partial charge in [0.25, 0.3) is 0 Å². The summed E-state index contributed by atoms with van der Waals surface area (Å²) in [5.41, 5.74) is 0.0371. The van der Waals surface area contributed by atoms with Crippen LogP contribution in [0.25, 0.3) is 0 Å². The quantitative estimate of drug-likeness (QED) is 0.528. The minimum Gasteiger partial charge on any atom is -0.503 e. The van der Waals surface area contributed by atoms with Gasteiger partial charge in [-0.3, -0.25) is 4.79 Å². The third-order valence-electron chi connectivity index (χ3n) is 4.65. The van der Waals surface area contributed by atoms with E-state index < -0.39 is 23.2 Å². The monoisotopic (exact) mass is 362 g/mol. The Bertz CT molecular complexity index is 779. The number of benzene rings is 1. The number of alkyl halides is 1. The van der Waals surface area contributed by atoms with E-state index in [0.717, 1.165) is 6.07 Å². The number of carbonyl (C=O) groups is 1. The summed E-state index contributed by atoms with van der Waals surface area (Å²) in [6, 6.07) is 4.05. The molecule has 0 unspecified atom stereocenters. The largest absolute Gasteiger partial charge is 0.503 e. The van der Waals surface area contributed by atoms with Crippen LogP contribution in [-0.2, 0) is 4.79 Å². The SMILES string of the molecule is C=C(Nc1cccc(F)c1O)[C@H]1C(=O)NC[C@@H]1C(=C)/C=C(\C)C(C)(C)F. The lowest BCUT2D eigenvalue weighted by molar-refractivity contribution is -0.121. The summed E-state index contributed by atoms with van der Waals surface area (Å²) in [6.45, 7) is 12.8. The first kappa shape index (κ1) is 19.7. The van der Waals surface area contributed by atoms with Crippen molar-refractivity contribution < 1.29 is 18.7 Å². The van der Waals surface area contributed by atoms with Crippen molar-refractivity contribution in [3.05, 3.63) is 60.1 Å². The molecule has 0 radical (unpaired) electrons. The van der Waals surface area contributed by atoms with Crippen molar-refractivity contribution in [3.8, 4) is 5.75 Å². The number of anilines is 1. The molecular formula is C20H24F2N2O2. The highest BCUT2D eigenvalue weighted by Crippen LogP contribution is 2.35. The van der Waals surface area contributed by atoms with E-state index in [0.29, 0.717) is 23.4 Å². The van der Waals surface area contributed by atoms with Gasteiger partial charge >= 0.3 is 0 Å². The van der Waals surface area contributed by atoms with Gasteiger partial charge in [0.2, 0.25) is 5.91 Å². The first-order valence-electron chi connectivity index (χ1n) is 8.30. The molecule has 1 amide bonds. The van der Waals surface area contributed by atoms with Gasteiger partial charge < -0.3 is 15.7 Å². The average molecular weight is 362 g/mol. The second kappa shape index (κ2) is 7.32. The number of aromatic hydroxyl groups is 1. The maximum atomic E-state index is 14.0. The summed E-state index contributed by atoms with van der Waals surface area (Å²) < 4.78 is 27.5. The third-order valence-corrected chi connectivity index (χ3v) is 4.65. The molecule has 0 saturated carbocycles. The van der Waals surface area contributed by atoms with Crippen molar-refractivity contribution in [3.63, 3.8) is 0 Å². The molecule has 0 aliphatic carbocycles. The van der Waals surface area contributed by atoms with Crippen LogP contribution in [-0.4, -0.2) is 23.2 Å². The van der Waals surface area contributed by atoms with Crippen LogP contribution in [0.3, 0.4) is 0 Å². The van der Waals surface area contributed by atoms with Crippen LogP contribution in [0.2, 0.25) is 0 Å². The molecule has 0 spiro atoms. The Morgan fingerprint density at radius 3 is 2.69 bits per heavy atom. The Labute approximate surface area is 152 Å². The fourth-order valence-electron chi connectivity index (χ4n) is 2.79. The molecule has 0 aromatic heterocycles. The van der Waals surface area contributed by atoms with E-state index in [4.69, 9.17) is 0 Å². The lowest BCUT2D eigenvalue weighted by atomic mass is 9.85. The van der Waals surface area contributed by atoms with Crippen LogP contribution in [0.1, 0.15) is 20.8 Å². The predicted octanol–water partition coefficient (Wildman–Crippen LogP) is 4.07. The standard InChI is InChI=1S/C20H24F2N2O2/c1-11(9-12(2)20(4,5)22)14-10-23-19(26)17(14)13(3)24-16-8-6-7-15(21)18(16)25/h6-9,14,17,24-25H,1,3,10H2,2,4-5H3,(H,23,26)/b12-9+/t14-,17-/m1/s1. The number of hydrogen-bond acceptors (Lipinski definition) is 3. The Morgan fingerprint density at radius 1 is 1.42 bits per heavy atom. The number of carbonyl (C=O) groups excluding carboxylic acids is 1. The van der Waals surface area contributed by atoms with Gasteiger partial charge in [0.1, 0.15) is 5.67 Å². The van der Waals surface area contributed by atoms with Crippen LogP contribution in [0.5, 0.6) is 5.75 Å². The number of phenols is 1. The molecule has 1 aliphatic rings. The Hall–Kier alpha value is -2.63. The zero-order valence-electron chi connectivity index (χ0n) is 15.2. The van der Waals surface area contributed by atoms with Crippen molar-refractivity contribution in [2.75, 3.05) is 11.9 Å². The zero-order valence-corrected chi connectivity index (χ0v) is 15.2. The van der Waals surface area contributed by atoms with E-state index in [-0.39, 0.29) is 17.5 Å². The van der Waals surface area contributed by atoms with Gasteiger partial charge in [-0.05, 0) is 44.1 Å². The summed E-state index contributed by atoms with van der Waals surface area (Å²) in [7, 11) is 0. The highest BCUT2D eigenvalue weighted by atomic mass is 19.1. The lowest BCUT2D eigenvalue weighted by Gasteiger charge is -2.23. The van der Waals surface area contributed by atoms with Gasteiger partial charge in [-0.25, -0.2) is 8.78 Å². The van der Waals surface area contributed by atoms with Gasteiger partial charge in [-0.2, -0.15) is 0 Å². The molecule has 2 rings (SSSR count). The number of halogens is 2. The van der Waals surface area contributed by atoms with Crippen LogP contribution < -0.4 is 10.6 Å². The number of hydrogen-bond donors (Lipinski definition) is 3. The number of phenolic OH excluding ortho intramolecular Hbond substituents is 1. The van der Waals surface area contributed by atoms with Gasteiger partial charge in [-0.15, -0.1) is 0 Å². The fraction of sp³-hybridized carbons (Fsp3) is 0.350. The number of nitrogens with one attached hydrogen (secondary N) is 2. The molecular weight excluding hydrogens is 338 g/mol. The molecule has 0 bridgehead atoms. The predicted molar refractivity (Wildman–Crippen MR) is 98.9 cm³/mol. The van der Waals surface area contributed by atoms with Gasteiger partial charge in [0.05, 0.1) is 11.6 Å². The molecule has 1 saturated heterocycles. The maximum absolute atomic E-state index is 14.0. The Kier molecular flexibility index (Phi) is 5.54. The normalized spacial score (nSPS) is 20.7. The minimum absolute atomic E-state index is 0.121. The summed E-state index contributed by atoms with van der Waals surface area (Å²) in [6.07, 6.45) is 1.64. The van der Waals surface area contributed by atoms with E-state index in [1.54, 1.807) is 13.0 Å². The lowest BCUT2D eigenvalue weighted by Crippen LogP contribution is -2.25. The molecule has 26 heavy (non-hydrogen) atoms. The Balaban J connectivity index is 2.23. The molecule has 4 nitrogen and oxygen atoms in total. The summed E-state index contributed by atoms with van der Waals surface area (Å²) in [5, 5.41) is 15.3. The topological polar surface area (TPSA) is 61.4 Å². The summed E-state index contributed by atoms with van der Waals surface area (Å²) >= 11 is 0. The molecule has 2 atom stereocenters. The molecule has 3 N–H and O–H groups in total. The second-order valence-electron chi connectivity index (χ2n) is 6.99. The van der Waals surface area contributed by atoms with E-state index >= 15 is 0 Å². The number of amides is 1. The number of para-hydroxylation sites is 1. The third kappa shape index (κ3) is 4.12. The zero-order chi connectivity index (χ0) is 19.6. The number of rotatable bonds is 6. The van der Waals surface area contributed by atoms with Gasteiger partial charge in [0, 0.05) is 18.2 Å². The highest BCUT2D eigenvalue weighted by molar-refractivity contribution is 5.85. The average Bonchev–Trinajstić information content (AvgIpc) is 2.92. The maximum Gasteiger partial charge on any atom is 0.229 e. The second-order valence-corrected chi connectivity index (χ2v) is 6.99. The van der Waals surface area contributed by atoms with Crippen molar-refractivity contribution in [1.29, 1.82) is 0 Å². The van der Waals surface area contributed by atoms with Crippen molar-refractivity contribution in [1.82, 2.24) is 5.32 Å². The van der Waals surface area contributed by atoms with Crippen molar-refractivity contribution in [2.45, 2.75) is 26.4 Å². The van der Waals surface area contributed by atoms with Gasteiger partial charge in [-0.1, -0.05) is 25.3 Å². The van der Waals surface area contributed by atoms with Crippen LogP contribution in [0.15, 0.2) is 54.3 Å². The Morgan fingerprint density at radius 2 is 2.08 bits per heavy atom. The molecule has 140 valence electrons. The minimum atomic E-state index is -1.49. The van der Waals surface area contributed by atoms with Crippen LogP contribution in [0.4, 0.5) is 14.5 Å². The fourth-order valence-corrected chi connectivity index (χ4v) is 2.79. The molecule has 1 fully saturated rings. The molecule has 6 heteroatoms. The van der Waals surface area contributed by atoms with E-state index in [9.17, 15) is 18.7 Å². The molecule has 1 aromatic carbocycles. The van der Waals surface area contributed by atoms with Crippen molar-refractivity contribution in [2.24, 2.45) is 11.8 Å². The first-order chi connectivity index (χ1) is 12.0. The van der Waals surface area contributed by atoms with E-state index in [2.05, 4.69) is 23.8 Å². The summed E-state index contributed by atoms with van der Waals surface area (Å²) in [4.78, 5) is 12.3.